The molecule has 3 aromatic rings. The van der Waals surface area contributed by atoms with Crippen LogP contribution in [0.2, 0.25) is 0 Å². The molecule has 0 spiro atoms. The number of hydrogen-bond acceptors (Lipinski definition) is 5. The molecular weight excluding hydrogens is 316 g/mol. The van der Waals surface area contributed by atoms with Gasteiger partial charge in [0.15, 0.2) is 0 Å². The van der Waals surface area contributed by atoms with Gasteiger partial charge in [-0.1, -0.05) is 35.0 Å². The van der Waals surface area contributed by atoms with Crippen molar-refractivity contribution in [2.45, 2.75) is 19.3 Å². The molecule has 1 aliphatic rings. The minimum Gasteiger partial charge on any atom is -0.341 e. The van der Waals surface area contributed by atoms with Crippen LogP contribution in [0, 0.1) is 6.92 Å². The van der Waals surface area contributed by atoms with Gasteiger partial charge in [-0.25, -0.2) is 0 Å². The molecular formula is C19H18N4O2. The van der Waals surface area contributed by atoms with Crippen LogP contribution in [0.1, 0.15) is 22.9 Å². The predicted molar refractivity (Wildman–Crippen MR) is 91.7 cm³/mol. The third-order valence-corrected chi connectivity index (χ3v) is 4.38. The first kappa shape index (κ1) is 15.5. The summed E-state index contributed by atoms with van der Waals surface area (Å²) >= 11 is 0. The smallest absolute Gasteiger partial charge is 0.233 e. The topological polar surface area (TPSA) is 72.1 Å². The Bertz CT molecular complexity index is 885. The number of amides is 1. The summed E-state index contributed by atoms with van der Waals surface area (Å²) in [5.74, 6) is 1.36. The van der Waals surface area contributed by atoms with Gasteiger partial charge in [0.1, 0.15) is 0 Å². The zero-order valence-electron chi connectivity index (χ0n) is 13.9. The van der Waals surface area contributed by atoms with Crippen molar-refractivity contribution in [3.8, 4) is 11.4 Å². The first-order chi connectivity index (χ1) is 12.2. The second kappa shape index (κ2) is 6.47. The molecule has 0 unspecified atom stereocenters. The normalized spacial score (nSPS) is 14.4. The van der Waals surface area contributed by atoms with E-state index in [0.717, 1.165) is 11.1 Å². The Morgan fingerprint density at radius 1 is 1.28 bits per heavy atom. The highest BCUT2D eigenvalue weighted by atomic mass is 16.5. The van der Waals surface area contributed by atoms with Gasteiger partial charge in [-0.15, -0.1) is 0 Å². The van der Waals surface area contributed by atoms with Crippen LogP contribution in [-0.2, 0) is 11.2 Å². The van der Waals surface area contributed by atoms with Crippen molar-refractivity contribution in [1.82, 2.24) is 20.0 Å². The summed E-state index contributed by atoms with van der Waals surface area (Å²) in [5.41, 5.74) is 3.04. The Hall–Kier alpha value is -3.02. The number of hydrogen-bond donors (Lipinski definition) is 0. The third-order valence-electron chi connectivity index (χ3n) is 4.38. The van der Waals surface area contributed by atoms with E-state index in [1.54, 1.807) is 12.4 Å². The molecule has 0 aliphatic carbocycles. The molecule has 0 saturated carbocycles. The van der Waals surface area contributed by atoms with Gasteiger partial charge in [0.2, 0.25) is 17.6 Å². The monoisotopic (exact) mass is 334 g/mol. The lowest BCUT2D eigenvalue weighted by Gasteiger charge is -2.37. The molecule has 2 aromatic heterocycles. The van der Waals surface area contributed by atoms with Gasteiger partial charge < -0.3 is 9.42 Å². The van der Waals surface area contributed by atoms with E-state index in [4.69, 9.17) is 4.52 Å². The molecule has 3 heterocycles. The van der Waals surface area contributed by atoms with E-state index in [2.05, 4.69) is 15.1 Å². The van der Waals surface area contributed by atoms with Crippen LogP contribution >= 0.6 is 0 Å². The maximum absolute atomic E-state index is 12.4. The molecule has 1 amide bonds. The number of aryl methyl sites for hydroxylation is 1. The maximum atomic E-state index is 12.4. The van der Waals surface area contributed by atoms with Gasteiger partial charge >= 0.3 is 0 Å². The number of likely N-dealkylation sites (tertiary alicyclic amines) is 1. The summed E-state index contributed by atoms with van der Waals surface area (Å²) in [6.07, 6.45) is 3.83. The molecule has 126 valence electrons. The van der Waals surface area contributed by atoms with E-state index >= 15 is 0 Å². The van der Waals surface area contributed by atoms with Gasteiger partial charge in [0, 0.05) is 31.0 Å². The average molecular weight is 334 g/mol. The van der Waals surface area contributed by atoms with E-state index in [-0.39, 0.29) is 11.8 Å². The van der Waals surface area contributed by atoms with Crippen molar-refractivity contribution in [3.05, 3.63) is 65.8 Å². The van der Waals surface area contributed by atoms with Crippen LogP contribution in [0.3, 0.4) is 0 Å². The minimum atomic E-state index is 0.111. The molecule has 4 rings (SSSR count). The molecule has 1 aliphatic heterocycles. The molecule has 0 N–H and O–H groups in total. The third kappa shape index (κ3) is 3.28. The van der Waals surface area contributed by atoms with E-state index in [9.17, 15) is 4.79 Å². The van der Waals surface area contributed by atoms with Crippen molar-refractivity contribution in [1.29, 1.82) is 0 Å². The van der Waals surface area contributed by atoms with Crippen molar-refractivity contribution < 1.29 is 9.32 Å². The lowest BCUT2D eigenvalue weighted by atomic mass is 9.98. The van der Waals surface area contributed by atoms with Gasteiger partial charge in [-0.2, -0.15) is 4.98 Å². The van der Waals surface area contributed by atoms with Crippen molar-refractivity contribution in [2.75, 3.05) is 13.1 Å². The first-order valence-electron chi connectivity index (χ1n) is 8.26. The van der Waals surface area contributed by atoms with Crippen LogP contribution in [0.25, 0.3) is 11.4 Å². The summed E-state index contributed by atoms with van der Waals surface area (Å²) in [7, 11) is 0. The molecule has 1 aromatic carbocycles. The van der Waals surface area contributed by atoms with Crippen molar-refractivity contribution >= 4 is 5.91 Å². The van der Waals surface area contributed by atoms with Crippen LogP contribution in [0.4, 0.5) is 0 Å². The lowest BCUT2D eigenvalue weighted by molar-refractivity contribution is -0.135. The number of rotatable bonds is 4. The highest BCUT2D eigenvalue weighted by Gasteiger charge is 2.35. The van der Waals surface area contributed by atoms with Crippen LogP contribution in [-0.4, -0.2) is 39.0 Å². The highest BCUT2D eigenvalue weighted by Crippen LogP contribution is 2.28. The molecule has 1 fully saturated rings. The minimum absolute atomic E-state index is 0.111. The molecule has 6 nitrogen and oxygen atoms in total. The Morgan fingerprint density at radius 3 is 2.92 bits per heavy atom. The van der Waals surface area contributed by atoms with Gasteiger partial charge in [-0.3, -0.25) is 9.78 Å². The summed E-state index contributed by atoms with van der Waals surface area (Å²) in [6.45, 7) is 3.28. The SMILES string of the molecule is Cc1cccc(CC(=O)N2CC(c3nc(-c4cccnc4)no3)C2)c1. The summed E-state index contributed by atoms with van der Waals surface area (Å²) in [6, 6.07) is 11.8. The number of pyridine rings is 1. The van der Waals surface area contributed by atoms with E-state index in [0.29, 0.717) is 31.2 Å². The van der Waals surface area contributed by atoms with Gasteiger partial charge in [0.25, 0.3) is 0 Å². The number of benzene rings is 1. The Kier molecular flexibility index (Phi) is 4.01. The van der Waals surface area contributed by atoms with E-state index in [1.807, 2.05) is 48.2 Å². The molecule has 6 heteroatoms. The predicted octanol–water partition coefficient (Wildman–Crippen LogP) is 2.61. The molecule has 1 saturated heterocycles. The number of aromatic nitrogens is 3. The van der Waals surface area contributed by atoms with Gasteiger partial charge in [0.05, 0.1) is 12.3 Å². The molecule has 0 atom stereocenters. The largest absolute Gasteiger partial charge is 0.341 e. The summed E-state index contributed by atoms with van der Waals surface area (Å²) in [5, 5.41) is 4.01. The standard InChI is InChI=1S/C19H18N4O2/c1-13-4-2-5-14(8-13)9-17(24)23-11-16(12-23)19-21-18(22-25-19)15-6-3-7-20-10-15/h2-8,10,16H,9,11-12H2,1H3. The van der Waals surface area contributed by atoms with E-state index in [1.165, 1.54) is 5.56 Å². The second-order valence-corrected chi connectivity index (χ2v) is 6.36. The molecule has 0 bridgehead atoms. The average Bonchev–Trinajstić information content (AvgIpc) is 3.04. The summed E-state index contributed by atoms with van der Waals surface area (Å²) < 4.78 is 5.36. The number of carbonyl (C=O) groups excluding carboxylic acids is 1. The quantitative estimate of drug-likeness (QED) is 0.733. The van der Waals surface area contributed by atoms with Crippen molar-refractivity contribution in [3.63, 3.8) is 0 Å². The zero-order valence-corrected chi connectivity index (χ0v) is 13.9. The van der Waals surface area contributed by atoms with Crippen LogP contribution < -0.4 is 0 Å². The fourth-order valence-electron chi connectivity index (χ4n) is 2.96. The fraction of sp³-hybridized carbons (Fsp3) is 0.263. The van der Waals surface area contributed by atoms with Crippen LogP contribution in [0.5, 0.6) is 0 Å². The maximum Gasteiger partial charge on any atom is 0.233 e. The Balaban J connectivity index is 1.36. The number of nitrogens with zero attached hydrogens (tertiary/aromatic N) is 4. The van der Waals surface area contributed by atoms with Crippen LogP contribution in [0.15, 0.2) is 53.3 Å². The summed E-state index contributed by atoms with van der Waals surface area (Å²) in [4.78, 5) is 22.7. The zero-order chi connectivity index (χ0) is 17.2. The molecule has 0 radical (unpaired) electrons. The van der Waals surface area contributed by atoms with E-state index < -0.39 is 0 Å². The van der Waals surface area contributed by atoms with Gasteiger partial charge in [-0.05, 0) is 24.6 Å². The fourth-order valence-corrected chi connectivity index (χ4v) is 2.96. The second-order valence-electron chi connectivity index (χ2n) is 6.36. The number of carbonyl (C=O) groups is 1. The molecule has 25 heavy (non-hydrogen) atoms. The Morgan fingerprint density at radius 2 is 2.16 bits per heavy atom. The Labute approximate surface area is 145 Å². The first-order valence-corrected chi connectivity index (χ1v) is 8.26. The lowest BCUT2D eigenvalue weighted by Crippen LogP contribution is -2.49. The van der Waals surface area contributed by atoms with Crippen molar-refractivity contribution in [2.24, 2.45) is 0 Å². The highest BCUT2D eigenvalue weighted by molar-refractivity contribution is 5.79.